The van der Waals surface area contributed by atoms with Gasteiger partial charge in [0.2, 0.25) is 0 Å². The normalized spacial score (nSPS) is 12.1. The van der Waals surface area contributed by atoms with Crippen LogP contribution in [0.1, 0.15) is 26.3 Å². The number of nitrogens with one attached hydrogen (secondary N) is 1. The van der Waals surface area contributed by atoms with Gasteiger partial charge in [-0.1, -0.05) is 142 Å². The van der Waals surface area contributed by atoms with Crippen LogP contribution in [0.25, 0.3) is 105 Å². The molecule has 0 fully saturated rings. The highest BCUT2D eigenvalue weighted by Crippen LogP contribution is 2.43. The molecule has 8 aromatic carbocycles. The van der Waals surface area contributed by atoms with E-state index in [0.717, 1.165) is 72.5 Å². The summed E-state index contributed by atoms with van der Waals surface area (Å²) in [4.78, 5) is 14.5. The highest BCUT2D eigenvalue weighted by molar-refractivity contribution is 6.13. The van der Waals surface area contributed by atoms with E-state index in [4.69, 9.17) is 9.97 Å². The molecule has 276 valence electrons. The number of benzene rings is 8. The van der Waals surface area contributed by atoms with Crippen LogP contribution in [0.4, 0.5) is 0 Å². The third-order valence-corrected chi connectivity index (χ3v) is 11.7. The minimum atomic E-state index is -0.0872. The molecule has 1 N–H and O–H groups in total. The Kier molecular flexibility index (Phi) is 7.70. The second-order valence-corrected chi connectivity index (χ2v) is 16.4. The second-order valence-electron chi connectivity index (χ2n) is 16.4. The fourth-order valence-corrected chi connectivity index (χ4v) is 8.79. The topological polar surface area (TPSA) is 46.5 Å². The van der Waals surface area contributed by atoms with Gasteiger partial charge in [-0.25, -0.2) is 4.98 Å². The Bertz CT molecular complexity index is 3370. The molecule has 0 saturated heterocycles. The van der Waals surface area contributed by atoms with Crippen LogP contribution < -0.4 is 0 Å². The number of H-pyrrole nitrogens is 1. The lowest BCUT2D eigenvalue weighted by Crippen LogP contribution is -2.11. The molecule has 4 heteroatoms. The maximum absolute atomic E-state index is 5.75. The zero-order chi connectivity index (χ0) is 39.0. The Hall–Kier alpha value is -7.30. The van der Waals surface area contributed by atoms with Gasteiger partial charge in [-0.15, -0.1) is 0 Å². The summed E-state index contributed by atoms with van der Waals surface area (Å²) in [6, 6.07) is 63.3. The first kappa shape index (κ1) is 34.0. The maximum Gasteiger partial charge on any atom is 0.147 e. The Morgan fingerprint density at radius 2 is 1.22 bits per heavy atom. The van der Waals surface area contributed by atoms with E-state index in [1.54, 1.807) is 0 Å². The van der Waals surface area contributed by atoms with Crippen molar-refractivity contribution in [2.45, 2.75) is 26.2 Å². The van der Waals surface area contributed by atoms with Crippen molar-refractivity contribution in [1.82, 2.24) is 19.5 Å². The van der Waals surface area contributed by atoms with Crippen molar-refractivity contribution in [3.05, 3.63) is 188 Å². The van der Waals surface area contributed by atoms with E-state index in [0.29, 0.717) is 0 Å². The third kappa shape index (κ3) is 5.52. The summed E-state index contributed by atoms with van der Waals surface area (Å²) in [5.41, 5.74) is 14.1. The van der Waals surface area contributed by atoms with Crippen LogP contribution in [0, 0.1) is 0 Å². The summed E-state index contributed by atoms with van der Waals surface area (Å²) < 4.78 is 2.39. The quantitative estimate of drug-likeness (QED) is 0.191. The molecule has 3 heterocycles. The predicted molar refractivity (Wildman–Crippen MR) is 244 cm³/mol. The molecule has 0 amide bonds. The largest absolute Gasteiger partial charge is 0.354 e. The van der Waals surface area contributed by atoms with E-state index in [2.05, 4.69) is 206 Å². The Morgan fingerprint density at radius 3 is 2.07 bits per heavy atom. The van der Waals surface area contributed by atoms with Gasteiger partial charge in [-0.05, 0) is 98.4 Å². The van der Waals surface area contributed by atoms with Crippen LogP contribution in [0.3, 0.4) is 0 Å². The predicted octanol–water partition coefficient (Wildman–Crippen LogP) is 14.3. The van der Waals surface area contributed by atoms with Crippen LogP contribution in [0.15, 0.2) is 182 Å². The number of nitrogens with zero attached hydrogens (tertiary/aromatic N) is 3. The molecule has 0 aliphatic rings. The van der Waals surface area contributed by atoms with E-state index in [1.165, 1.54) is 38.1 Å². The number of para-hydroxylation sites is 2. The SMILES string of the molecule is CC(C)(C)c1cc(-c2nc3c(-c4cc(-c5cc(-c6ccccc6)ccn5)c5ccccc5c4)cccc3n2-c2cccc3ccccc23)c2[nH]c3ccccc3c2c1. The number of aromatic amines is 1. The number of aromatic nitrogens is 4. The van der Waals surface area contributed by atoms with E-state index in [1.807, 2.05) is 6.20 Å². The molecule has 11 rings (SSSR count). The molecule has 0 radical (unpaired) electrons. The molecule has 3 aromatic heterocycles. The van der Waals surface area contributed by atoms with Gasteiger partial charge < -0.3 is 4.98 Å². The molecule has 58 heavy (non-hydrogen) atoms. The van der Waals surface area contributed by atoms with Gasteiger partial charge in [0.15, 0.2) is 0 Å². The molecule has 11 aromatic rings. The molecule has 4 nitrogen and oxygen atoms in total. The Labute approximate surface area is 337 Å². The van der Waals surface area contributed by atoms with Crippen molar-refractivity contribution in [3.8, 4) is 50.6 Å². The molecule has 0 spiro atoms. The lowest BCUT2D eigenvalue weighted by molar-refractivity contribution is 0.591. The number of hydrogen-bond donors (Lipinski definition) is 1. The average Bonchev–Trinajstić information content (AvgIpc) is 3.84. The lowest BCUT2D eigenvalue weighted by Gasteiger charge is -2.21. The van der Waals surface area contributed by atoms with Crippen LogP contribution in [0.5, 0.6) is 0 Å². The molecule has 0 saturated carbocycles. The molecular formula is C54H40N4. The summed E-state index contributed by atoms with van der Waals surface area (Å²) in [5.74, 6) is 0.903. The molecular weight excluding hydrogens is 705 g/mol. The van der Waals surface area contributed by atoms with E-state index in [-0.39, 0.29) is 5.41 Å². The van der Waals surface area contributed by atoms with Gasteiger partial charge in [-0.3, -0.25) is 9.55 Å². The van der Waals surface area contributed by atoms with Gasteiger partial charge in [0, 0.05) is 44.6 Å². The molecule has 0 aliphatic carbocycles. The van der Waals surface area contributed by atoms with E-state index in [9.17, 15) is 0 Å². The number of rotatable bonds is 5. The first-order valence-electron chi connectivity index (χ1n) is 20.0. The fraction of sp³-hybridized carbons (Fsp3) is 0.0741. The fourth-order valence-electron chi connectivity index (χ4n) is 8.79. The van der Waals surface area contributed by atoms with Crippen LogP contribution in [-0.2, 0) is 5.41 Å². The zero-order valence-electron chi connectivity index (χ0n) is 32.7. The zero-order valence-corrected chi connectivity index (χ0v) is 32.7. The number of hydrogen-bond acceptors (Lipinski definition) is 2. The van der Waals surface area contributed by atoms with Crippen molar-refractivity contribution >= 4 is 54.4 Å². The van der Waals surface area contributed by atoms with Crippen LogP contribution in [0.2, 0.25) is 0 Å². The monoisotopic (exact) mass is 744 g/mol. The lowest BCUT2D eigenvalue weighted by atomic mass is 9.85. The molecule has 0 bridgehead atoms. The summed E-state index contributed by atoms with van der Waals surface area (Å²) in [6.07, 6.45) is 1.93. The van der Waals surface area contributed by atoms with E-state index >= 15 is 0 Å². The molecule has 0 unspecified atom stereocenters. The van der Waals surface area contributed by atoms with Gasteiger partial charge in [0.25, 0.3) is 0 Å². The number of pyridine rings is 1. The van der Waals surface area contributed by atoms with Gasteiger partial charge in [0.1, 0.15) is 5.82 Å². The average molecular weight is 745 g/mol. The van der Waals surface area contributed by atoms with Crippen molar-refractivity contribution in [2.24, 2.45) is 0 Å². The third-order valence-electron chi connectivity index (χ3n) is 11.7. The van der Waals surface area contributed by atoms with Gasteiger partial charge >= 0.3 is 0 Å². The summed E-state index contributed by atoms with van der Waals surface area (Å²) >= 11 is 0. The highest BCUT2D eigenvalue weighted by Gasteiger charge is 2.25. The van der Waals surface area contributed by atoms with Gasteiger partial charge in [0.05, 0.1) is 27.9 Å². The summed E-state index contributed by atoms with van der Waals surface area (Å²) in [6.45, 7) is 6.88. The maximum atomic E-state index is 5.75. The van der Waals surface area contributed by atoms with Crippen molar-refractivity contribution < 1.29 is 0 Å². The van der Waals surface area contributed by atoms with Crippen LogP contribution >= 0.6 is 0 Å². The Balaban J connectivity index is 1.22. The summed E-state index contributed by atoms with van der Waals surface area (Å²) in [5, 5.41) is 7.11. The number of imidazole rings is 1. The minimum Gasteiger partial charge on any atom is -0.354 e. The first-order chi connectivity index (χ1) is 28.4. The van der Waals surface area contributed by atoms with Crippen LogP contribution in [-0.4, -0.2) is 19.5 Å². The summed E-state index contributed by atoms with van der Waals surface area (Å²) in [7, 11) is 0. The van der Waals surface area contributed by atoms with Crippen molar-refractivity contribution in [1.29, 1.82) is 0 Å². The first-order valence-corrected chi connectivity index (χ1v) is 20.0. The van der Waals surface area contributed by atoms with Gasteiger partial charge in [-0.2, -0.15) is 0 Å². The molecule has 0 aliphatic heterocycles. The highest BCUT2D eigenvalue weighted by atomic mass is 15.1. The Morgan fingerprint density at radius 1 is 0.500 bits per heavy atom. The van der Waals surface area contributed by atoms with Crippen molar-refractivity contribution in [2.75, 3.05) is 0 Å². The number of fused-ring (bicyclic) bond motifs is 6. The van der Waals surface area contributed by atoms with E-state index < -0.39 is 0 Å². The smallest absolute Gasteiger partial charge is 0.147 e. The second kappa shape index (κ2) is 13.1. The van der Waals surface area contributed by atoms with Crippen molar-refractivity contribution in [3.63, 3.8) is 0 Å². The minimum absolute atomic E-state index is 0.0872. The molecule has 0 atom stereocenters. The standard InChI is InChI=1S/C54H40N4/c1-54(2,3)39-32-45-43-22-11-12-24-47(43)56-51(45)46(33-39)53-57-52-42(23-14-26-50(52)58(53)49-25-13-19-35-17-7-10-21-41(35)49)38-29-37-18-8-9-20-40(37)44(30-38)48-31-36(27-28-55-48)34-15-5-4-6-16-34/h4-33,56H,1-3H3.